The molecule has 0 atom stereocenters. The van der Waals surface area contributed by atoms with Crippen LogP contribution in [0.4, 0.5) is 11.5 Å². The fraction of sp³-hybridized carbons (Fsp3) is 0.120. The largest absolute Gasteiger partial charge is 0.495 e. The highest BCUT2D eigenvalue weighted by Crippen LogP contribution is 2.32. The molecule has 0 saturated heterocycles. The quantitative estimate of drug-likeness (QED) is 0.402. The average molecular weight is 458 g/mol. The Kier molecular flexibility index (Phi) is 6.38. The number of aromatic nitrogens is 2. The smallest absolute Gasteiger partial charge is 0.221 e. The van der Waals surface area contributed by atoms with Crippen molar-refractivity contribution in [2.24, 2.45) is 0 Å². The molecular formula is C25H20ClN5O2. The van der Waals surface area contributed by atoms with Crippen molar-refractivity contribution >= 4 is 39.8 Å². The van der Waals surface area contributed by atoms with E-state index < -0.39 is 0 Å². The summed E-state index contributed by atoms with van der Waals surface area (Å²) in [6.07, 6.45) is 0. The van der Waals surface area contributed by atoms with Gasteiger partial charge in [0.2, 0.25) is 5.91 Å². The maximum absolute atomic E-state index is 11.4. The van der Waals surface area contributed by atoms with Gasteiger partial charge in [-0.2, -0.15) is 5.26 Å². The summed E-state index contributed by atoms with van der Waals surface area (Å²) in [5.41, 5.74) is 3.59. The number of nitrogens with one attached hydrogen (secondary N) is 2. The van der Waals surface area contributed by atoms with Crippen molar-refractivity contribution in [3.05, 3.63) is 76.8 Å². The van der Waals surface area contributed by atoms with Gasteiger partial charge in [0.05, 0.1) is 23.8 Å². The first-order chi connectivity index (χ1) is 16.0. The number of benzene rings is 3. The van der Waals surface area contributed by atoms with Gasteiger partial charge in [0, 0.05) is 35.5 Å². The van der Waals surface area contributed by atoms with Crippen LogP contribution in [0.2, 0.25) is 5.02 Å². The number of anilines is 2. The highest BCUT2D eigenvalue weighted by Gasteiger charge is 2.13. The number of hydrogen-bond acceptors (Lipinski definition) is 6. The monoisotopic (exact) mass is 457 g/mol. The molecule has 0 bridgehead atoms. The number of methoxy groups -OCH3 is 1. The first-order valence-electron chi connectivity index (χ1n) is 10.1. The molecule has 4 aromatic rings. The van der Waals surface area contributed by atoms with Gasteiger partial charge in [-0.05, 0) is 42.0 Å². The van der Waals surface area contributed by atoms with Gasteiger partial charge in [0.1, 0.15) is 11.4 Å². The van der Waals surface area contributed by atoms with Crippen molar-refractivity contribution in [3.8, 4) is 23.1 Å². The number of halogens is 1. The van der Waals surface area contributed by atoms with E-state index in [2.05, 4.69) is 26.9 Å². The van der Waals surface area contributed by atoms with Gasteiger partial charge in [0.15, 0.2) is 5.82 Å². The Labute approximate surface area is 196 Å². The number of ether oxygens (including phenoxy) is 1. The molecule has 3 aromatic carbocycles. The second-order valence-corrected chi connectivity index (χ2v) is 7.76. The fourth-order valence-corrected chi connectivity index (χ4v) is 3.80. The summed E-state index contributed by atoms with van der Waals surface area (Å²) in [7, 11) is 1.57. The lowest BCUT2D eigenvalue weighted by molar-refractivity contribution is -0.114. The van der Waals surface area contributed by atoms with E-state index in [-0.39, 0.29) is 5.91 Å². The third kappa shape index (κ3) is 4.86. The van der Waals surface area contributed by atoms with Crippen molar-refractivity contribution in [1.29, 1.82) is 5.26 Å². The lowest BCUT2D eigenvalue weighted by Gasteiger charge is -2.13. The molecule has 4 rings (SSSR count). The molecule has 0 fully saturated rings. The van der Waals surface area contributed by atoms with E-state index in [0.29, 0.717) is 40.1 Å². The van der Waals surface area contributed by atoms with Crippen LogP contribution in [0, 0.1) is 11.3 Å². The molecule has 0 saturated carbocycles. The van der Waals surface area contributed by atoms with Crippen molar-refractivity contribution < 1.29 is 9.53 Å². The molecule has 33 heavy (non-hydrogen) atoms. The molecule has 0 unspecified atom stereocenters. The van der Waals surface area contributed by atoms with Crippen LogP contribution in [0.3, 0.4) is 0 Å². The number of hydrogen-bond donors (Lipinski definition) is 2. The normalized spacial score (nSPS) is 10.5. The van der Waals surface area contributed by atoms with E-state index in [1.54, 1.807) is 19.2 Å². The van der Waals surface area contributed by atoms with Gasteiger partial charge in [-0.3, -0.25) is 4.79 Å². The number of amides is 1. The molecule has 1 amide bonds. The molecule has 7 nitrogen and oxygen atoms in total. The molecule has 8 heteroatoms. The summed E-state index contributed by atoms with van der Waals surface area (Å²) in [6, 6.07) is 20.5. The maximum atomic E-state index is 11.4. The van der Waals surface area contributed by atoms with E-state index in [1.807, 2.05) is 48.5 Å². The molecule has 0 aliphatic rings. The highest BCUT2D eigenvalue weighted by atomic mass is 35.5. The van der Waals surface area contributed by atoms with Crippen molar-refractivity contribution in [1.82, 2.24) is 10.2 Å². The van der Waals surface area contributed by atoms with Gasteiger partial charge in [0.25, 0.3) is 0 Å². The summed E-state index contributed by atoms with van der Waals surface area (Å²) in [6.45, 7) is 1.92. The molecule has 164 valence electrons. The van der Waals surface area contributed by atoms with Crippen molar-refractivity contribution in [2.45, 2.75) is 13.5 Å². The zero-order valence-electron chi connectivity index (χ0n) is 18.0. The number of nitrogens with zero attached hydrogens (tertiary/aromatic N) is 3. The summed E-state index contributed by atoms with van der Waals surface area (Å²) in [5, 5.41) is 26.5. The summed E-state index contributed by atoms with van der Waals surface area (Å²) < 4.78 is 5.20. The number of rotatable bonds is 6. The zero-order chi connectivity index (χ0) is 23.4. The molecule has 2 N–H and O–H groups in total. The van der Waals surface area contributed by atoms with Crippen LogP contribution in [-0.2, 0) is 11.3 Å². The molecule has 0 aliphatic heterocycles. The van der Waals surface area contributed by atoms with Gasteiger partial charge in [-0.25, -0.2) is 0 Å². The molecule has 0 spiro atoms. The Balaban J connectivity index is 1.73. The Morgan fingerprint density at radius 2 is 1.94 bits per heavy atom. The maximum Gasteiger partial charge on any atom is 0.221 e. The molecule has 1 aromatic heterocycles. The van der Waals surface area contributed by atoms with Gasteiger partial charge < -0.3 is 15.4 Å². The van der Waals surface area contributed by atoms with Crippen molar-refractivity contribution in [2.75, 3.05) is 17.7 Å². The number of nitriles is 1. The minimum atomic E-state index is -0.153. The Morgan fingerprint density at radius 3 is 2.67 bits per heavy atom. The average Bonchev–Trinajstić information content (AvgIpc) is 2.82. The van der Waals surface area contributed by atoms with E-state index in [9.17, 15) is 10.1 Å². The van der Waals surface area contributed by atoms with Crippen LogP contribution in [0.1, 0.15) is 18.1 Å². The predicted molar refractivity (Wildman–Crippen MR) is 129 cm³/mol. The lowest BCUT2D eigenvalue weighted by atomic mass is 10.0. The first kappa shape index (κ1) is 22.1. The van der Waals surface area contributed by atoms with Crippen LogP contribution >= 0.6 is 11.6 Å². The SMILES string of the molecule is COc1ccc(CNc2nnc(-c3cccc(NC(C)=O)c3)c3ccc(C#N)cc23)cc1Cl. The van der Waals surface area contributed by atoms with E-state index >= 15 is 0 Å². The molecular weight excluding hydrogens is 438 g/mol. The highest BCUT2D eigenvalue weighted by molar-refractivity contribution is 6.32. The summed E-state index contributed by atoms with van der Waals surface area (Å²) >= 11 is 6.24. The Hall–Kier alpha value is -4.15. The first-order valence-corrected chi connectivity index (χ1v) is 10.5. The Bertz CT molecular complexity index is 1400. The third-order valence-corrected chi connectivity index (χ3v) is 5.34. The van der Waals surface area contributed by atoms with Gasteiger partial charge in [-0.15, -0.1) is 10.2 Å². The zero-order valence-corrected chi connectivity index (χ0v) is 18.8. The van der Waals surface area contributed by atoms with Crippen LogP contribution in [0.25, 0.3) is 22.0 Å². The molecule has 1 heterocycles. The van der Waals surface area contributed by atoms with Crippen molar-refractivity contribution in [3.63, 3.8) is 0 Å². The second kappa shape index (κ2) is 9.55. The minimum absolute atomic E-state index is 0.153. The fourth-order valence-electron chi connectivity index (χ4n) is 3.52. The van der Waals surface area contributed by atoms with E-state index in [0.717, 1.165) is 21.9 Å². The van der Waals surface area contributed by atoms with Crippen LogP contribution in [0.5, 0.6) is 5.75 Å². The van der Waals surface area contributed by atoms with Crippen LogP contribution < -0.4 is 15.4 Å². The number of carbonyl (C=O) groups is 1. The number of fused-ring (bicyclic) bond motifs is 1. The molecule has 0 aliphatic carbocycles. The topological polar surface area (TPSA) is 99.9 Å². The summed E-state index contributed by atoms with van der Waals surface area (Å²) in [4.78, 5) is 11.4. The van der Waals surface area contributed by atoms with E-state index in [1.165, 1.54) is 6.92 Å². The van der Waals surface area contributed by atoms with Gasteiger partial charge in [-0.1, -0.05) is 35.9 Å². The standard InChI is InChI=1S/C25H20ClN5O2/c1-15(32)29-19-5-3-4-18(12-19)24-20-8-6-16(13-27)10-21(20)25(31-30-24)28-14-17-7-9-23(33-2)22(26)11-17/h3-12H,14H2,1-2H3,(H,28,31)(H,29,32). The van der Waals surface area contributed by atoms with Gasteiger partial charge >= 0.3 is 0 Å². The van der Waals surface area contributed by atoms with Crippen LogP contribution in [0.15, 0.2) is 60.7 Å². The molecule has 0 radical (unpaired) electrons. The van der Waals surface area contributed by atoms with E-state index in [4.69, 9.17) is 16.3 Å². The second-order valence-electron chi connectivity index (χ2n) is 7.35. The predicted octanol–water partition coefficient (Wildman–Crippen LogP) is 5.40. The third-order valence-electron chi connectivity index (χ3n) is 5.04. The van der Waals surface area contributed by atoms with Crippen LogP contribution in [-0.4, -0.2) is 23.2 Å². The Morgan fingerprint density at radius 1 is 1.09 bits per heavy atom. The minimum Gasteiger partial charge on any atom is -0.495 e. The lowest BCUT2D eigenvalue weighted by Crippen LogP contribution is -2.06. The number of carbonyl (C=O) groups excluding carboxylic acids is 1. The summed E-state index contributed by atoms with van der Waals surface area (Å²) in [5.74, 6) is 1.01.